The van der Waals surface area contributed by atoms with E-state index in [0.29, 0.717) is 30.1 Å². The number of terminal acetylenes is 1. The summed E-state index contributed by atoms with van der Waals surface area (Å²) < 4.78 is 2.38. The lowest BCUT2D eigenvalue weighted by molar-refractivity contribution is 0.709. The zero-order chi connectivity index (χ0) is 14.0. The number of unbranched alkanes of at least 4 members (excludes halogenated alkanes) is 1. The van der Waals surface area contributed by atoms with Gasteiger partial charge in [-0.25, -0.2) is 4.79 Å². The maximum Gasteiger partial charge on any atom is 0.332 e. The fraction of sp³-hybridized carbons (Fsp3) is 0.417. The summed E-state index contributed by atoms with van der Waals surface area (Å²) in [5.74, 6) is 3.01. The number of hydrogen-bond donors (Lipinski definition) is 2. The van der Waals surface area contributed by atoms with Crippen LogP contribution in [0.2, 0.25) is 0 Å². The fourth-order valence-corrected chi connectivity index (χ4v) is 1.81. The van der Waals surface area contributed by atoms with Gasteiger partial charge in [-0.3, -0.25) is 13.9 Å². The van der Waals surface area contributed by atoms with Gasteiger partial charge in [0.1, 0.15) is 0 Å². The van der Waals surface area contributed by atoms with Crippen molar-refractivity contribution in [3.8, 4) is 12.3 Å². The van der Waals surface area contributed by atoms with Crippen LogP contribution in [-0.4, -0.2) is 25.6 Å². The molecule has 0 saturated carbocycles. The summed E-state index contributed by atoms with van der Waals surface area (Å²) >= 11 is 0. The van der Waals surface area contributed by atoms with Crippen molar-refractivity contribution in [1.82, 2.24) is 19.1 Å². The van der Waals surface area contributed by atoms with Gasteiger partial charge in [-0.1, -0.05) is 0 Å². The van der Waals surface area contributed by atoms with Gasteiger partial charge in [0.15, 0.2) is 11.2 Å². The Balaban J connectivity index is 2.39. The highest BCUT2D eigenvalue weighted by Gasteiger charge is 2.12. The molecular formula is C12H15N5O2. The predicted octanol–water partition coefficient (Wildman–Crippen LogP) is -0.214. The van der Waals surface area contributed by atoms with E-state index in [9.17, 15) is 9.59 Å². The highest BCUT2D eigenvalue weighted by Crippen LogP contribution is 2.08. The first kappa shape index (κ1) is 13.0. The van der Waals surface area contributed by atoms with Gasteiger partial charge in [-0.05, 0) is 6.42 Å². The highest BCUT2D eigenvalue weighted by atomic mass is 16.2. The molecule has 0 saturated heterocycles. The van der Waals surface area contributed by atoms with Crippen molar-refractivity contribution < 1.29 is 0 Å². The van der Waals surface area contributed by atoms with Gasteiger partial charge in [0.25, 0.3) is 5.56 Å². The Morgan fingerprint density at radius 1 is 1.37 bits per heavy atom. The predicted molar refractivity (Wildman–Crippen MR) is 73.1 cm³/mol. The number of aryl methyl sites for hydroxylation is 1. The summed E-state index contributed by atoms with van der Waals surface area (Å²) in [6, 6.07) is 0. The SMILES string of the molecule is C#CCCCNc1nc2c([nH]1)c(=O)n(C)c(=O)n2C. The van der Waals surface area contributed by atoms with Gasteiger partial charge in [0.2, 0.25) is 5.95 Å². The molecule has 0 unspecified atom stereocenters. The number of nitrogens with zero attached hydrogens (tertiary/aromatic N) is 3. The molecule has 0 atom stereocenters. The fourth-order valence-electron chi connectivity index (χ4n) is 1.81. The third-order valence-corrected chi connectivity index (χ3v) is 2.89. The first-order valence-electron chi connectivity index (χ1n) is 5.89. The molecule has 7 nitrogen and oxygen atoms in total. The lowest BCUT2D eigenvalue weighted by Crippen LogP contribution is -2.36. The number of imidazole rings is 1. The van der Waals surface area contributed by atoms with Crippen LogP contribution in [0.15, 0.2) is 9.59 Å². The largest absolute Gasteiger partial charge is 0.356 e. The molecule has 7 heteroatoms. The number of hydrogen-bond acceptors (Lipinski definition) is 4. The Hall–Kier alpha value is -2.49. The van der Waals surface area contributed by atoms with Gasteiger partial charge in [0, 0.05) is 27.1 Å². The van der Waals surface area contributed by atoms with Crippen molar-refractivity contribution in [3.63, 3.8) is 0 Å². The van der Waals surface area contributed by atoms with Crippen LogP contribution in [-0.2, 0) is 14.1 Å². The molecule has 2 aromatic rings. The quantitative estimate of drug-likeness (QED) is 0.589. The van der Waals surface area contributed by atoms with Crippen LogP contribution < -0.4 is 16.6 Å². The second kappa shape index (κ2) is 5.02. The molecule has 0 radical (unpaired) electrons. The van der Waals surface area contributed by atoms with Gasteiger partial charge in [0.05, 0.1) is 0 Å². The molecule has 19 heavy (non-hydrogen) atoms. The molecule has 2 N–H and O–H groups in total. The molecule has 0 fully saturated rings. The van der Waals surface area contributed by atoms with E-state index < -0.39 is 5.69 Å². The molecule has 2 heterocycles. The summed E-state index contributed by atoms with van der Waals surface area (Å²) in [5, 5.41) is 3.04. The number of H-pyrrole nitrogens is 1. The Bertz CT molecular complexity index is 759. The maximum absolute atomic E-state index is 11.9. The van der Waals surface area contributed by atoms with Crippen molar-refractivity contribution >= 4 is 17.1 Å². The summed E-state index contributed by atoms with van der Waals surface area (Å²) in [6.07, 6.45) is 6.64. The van der Waals surface area contributed by atoms with Gasteiger partial charge >= 0.3 is 5.69 Å². The van der Waals surface area contributed by atoms with Crippen LogP contribution in [0.5, 0.6) is 0 Å². The van der Waals surface area contributed by atoms with E-state index in [1.807, 2.05) is 0 Å². The van der Waals surface area contributed by atoms with Gasteiger partial charge in [-0.15, -0.1) is 12.3 Å². The van der Waals surface area contributed by atoms with E-state index in [2.05, 4.69) is 21.2 Å². The van der Waals surface area contributed by atoms with Crippen molar-refractivity contribution in [2.24, 2.45) is 14.1 Å². The first-order valence-corrected chi connectivity index (χ1v) is 5.89. The second-order valence-corrected chi connectivity index (χ2v) is 4.22. The van der Waals surface area contributed by atoms with Crippen LogP contribution in [0.4, 0.5) is 5.95 Å². The zero-order valence-electron chi connectivity index (χ0n) is 10.9. The van der Waals surface area contributed by atoms with Crippen LogP contribution in [0.3, 0.4) is 0 Å². The van der Waals surface area contributed by atoms with E-state index in [1.165, 1.54) is 11.6 Å². The van der Waals surface area contributed by atoms with E-state index >= 15 is 0 Å². The third-order valence-electron chi connectivity index (χ3n) is 2.89. The van der Waals surface area contributed by atoms with Crippen molar-refractivity contribution in [1.29, 1.82) is 0 Å². The number of rotatable bonds is 4. The molecule has 0 aliphatic rings. The normalized spacial score (nSPS) is 10.6. The average molecular weight is 261 g/mol. The Morgan fingerprint density at radius 3 is 2.79 bits per heavy atom. The topological polar surface area (TPSA) is 84.7 Å². The molecular weight excluding hydrogens is 246 g/mol. The van der Waals surface area contributed by atoms with Gasteiger partial charge < -0.3 is 10.3 Å². The van der Waals surface area contributed by atoms with E-state index in [1.54, 1.807) is 7.05 Å². The van der Waals surface area contributed by atoms with Crippen LogP contribution in [0, 0.1) is 12.3 Å². The van der Waals surface area contributed by atoms with E-state index in [0.717, 1.165) is 11.0 Å². The Morgan fingerprint density at radius 2 is 2.11 bits per heavy atom. The molecule has 2 rings (SSSR count). The molecule has 0 aromatic carbocycles. The Kier molecular flexibility index (Phi) is 3.42. The van der Waals surface area contributed by atoms with Gasteiger partial charge in [-0.2, -0.15) is 4.98 Å². The molecule has 0 aliphatic heterocycles. The third kappa shape index (κ3) is 2.25. The minimum atomic E-state index is -0.400. The number of aromatic amines is 1. The maximum atomic E-state index is 11.9. The lowest BCUT2D eigenvalue weighted by Gasteiger charge is -2.00. The smallest absolute Gasteiger partial charge is 0.332 e. The standard InChI is InChI=1S/C12H15N5O2/c1-4-5-6-7-13-11-14-8-9(15-11)16(2)12(19)17(3)10(8)18/h1H,5-7H2,2-3H3,(H2,13,14,15). The second-order valence-electron chi connectivity index (χ2n) is 4.22. The van der Waals surface area contributed by atoms with Crippen LogP contribution in [0.25, 0.3) is 11.2 Å². The molecule has 0 aliphatic carbocycles. The van der Waals surface area contributed by atoms with Crippen LogP contribution in [0.1, 0.15) is 12.8 Å². The van der Waals surface area contributed by atoms with Crippen LogP contribution >= 0.6 is 0 Å². The molecule has 0 spiro atoms. The van der Waals surface area contributed by atoms with E-state index in [-0.39, 0.29) is 5.56 Å². The number of nitrogens with one attached hydrogen (secondary N) is 2. The minimum absolute atomic E-state index is 0.309. The van der Waals surface area contributed by atoms with Crippen molar-refractivity contribution in [3.05, 3.63) is 20.8 Å². The summed E-state index contributed by atoms with van der Waals surface area (Å²) in [4.78, 5) is 30.7. The zero-order valence-corrected chi connectivity index (χ0v) is 10.9. The molecule has 0 bridgehead atoms. The van der Waals surface area contributed by atoms with Crippen molar-refractivity contribution in [2.75, 3.05) is 11.9 Å². The lowest BCUT2D eigenvalue weighted by atomic mass is 10.3. The summed E-state index contributed by atoms with van der Waals surface area (Å²) in [7, 11) is 3.01. The summed E-state index contributed by atoms with van der Waals surface area (Å²) in [5.41, 5.74) is -0.137. The molecule has 0 amide bonds. The molecule has 100 valence electrons. The summed E-state index contributed by atoms with van der Waals surface area (Å²) in [6.45, 7) is 0.651. The number of anilines is 1. The first-order chi connectivity index (χ1) is 9.06. The van der Waals surface area contributed by atoms with Crippen molar-refractivity contribution in [2.45, 2.75) is 12.8 Å². The minimum Gasteiger partial charge on any atom is -0.356 e. The molecule has 2 aromatic heterocycles. The average Bonchev–Trinajstić information content (AvgIpc) is 2.83. The Labute approximate surface area is 109 Å². The van der Waals surface area contributed by atoms with E-state index in [4.69, 9.17) is 6.42 Å². The number of aromatic nitrogens is 4. The number of fused-ring (bicyclic) bond motifs is 1. The highest BCUT2D eigenvalue weighted by molar-refractivity contribution is 5.72. The monoisotopic (exact) mass is 261 g/mol.